The van der Waals surface area contributed by atoms with E-state index in [-0.39, 0.29) is 11.2 Å². The molecule has 1 aliphatic rings. The van der Waals surface area contributed by atoms with Crippen molar-refractivity contribution in [1.82, 2.24) is 9.78 Å². The maximum absolute atomic E-state index is 12.9. The third kappa shape index (κ3) is 1.88. The van der Waals surface area contributed by atoms with Crippen molar-refractivity contribution in [3.63, 3.8) is 0 Å². The molecule has 0 spiro atoms. The zero-order valence-corrected chi connectivity index (χ0v) is 12.0. The standard InChI is InChI=1S/C14H14BrFN2/c1-14(2)7-11-12(15)13(17-18(11)8-14)9-3-5-10(16)6-4-9/h3-6H,7-8H2,1-2H3. The Morgan fingerprint density at radius 3 is 2.56 bits per heavy atom. The van der Waals surface area contributed by atoms with Crippen LogP contribution in [-0.2, 0) is 13.0 Å². The Morgan fingerprint density at radius 2 is 1.94 bits per heavy atom. The Hall–Kier alpha value is -1.16. The fourth-order valence-electron chi connectivity index (χ4n) is 2.48. The lowest BCUT2D eigenvalue weighted by Gasteiger charge is -2.14. The van der Waals surface area contributed by atoms with Crippen molar-refractivity contribution in [3.05, 3.63) is 40.2 Å². The number of benzene rings is 1. The molecule has 1 aliphatic heterocycles. The van der Waals surface area contributed by atoms with E-state index in [2.05, 4.69) is 39.6 Å². The minimum Gasteiger partial charge on any atom is -0.267 e. The van der Waals surface area contributed by atoms with Crippen molar-refractivity contribution >= 4 is 15.9 Å². The molecule has 0 amide bonds. The van der Waals surface area contributed by atoms with E-state index in [0.29, 0.717) is 0 Å². The van der Waals surface area contributed by atoms with Crippen LogP contribution in [0.15, 0.2) is 28.7 Å². The molecule has 0 aliphatic carbocycles. The van der Waals surface area contributed by atoms with E-state index >= 15 is 0 Å². The Balaban J connectivity index is 2.04. The normalized spacial score (nSPS) is 16.9. The summed E-state index contributed by atoms with van der Waals surface area (Å²) in [5, 5.41) is 4.63. The minimum absolute atomic E-state index is 0.220. The van der Waals surface area contributed by atoms with Gasteiger partial charge in [0.1, 0.15) is 11.5 Å². The van der Waals surface area contributed by atoms with E-state index < -0.39 is 0 Å². The van der Waals surface area contributed by atoms with Gasteiger partial charge in [-0.2, -0.15) is 5.10 Å². The molecule has 0 fully saturated rings. The third-order valence-corrected chi connectivity index (χ3v) is 4.17. The molecule has 2 aromatic rings. The monoisotopic (exact) mass is 308 g/mol. The minimum atomic E-state index is -0.220. The molecule has 0 atom stereocenters. The molecule has 4 heteroatoms. The Morgan fingerprint density at radius 1 is 1.28 bits per heavy atom. The quantitative estimate of drug-likeness (QED) is 0.777. The first-order chi connectivity index (χ1) is 8.46. The van der Waals surface area contributed by atoms with Crippen molar-refractivity contribution < 1.29 is 4.39 Å². The fourth-order valence-corrected chi connectivity index (χ4v) is 3.13. The van der Waals surface area contributed by atoms with E-state index in [1.165, 1.54) is 17.8 Å². The van der Waals surface area contributed by atoms with Gasteiger partial charge >= 0.3 is 0 Å². The van der Waals surface area contributed by atoms with E-state index in [1.807, 2.05) is 0 Å². The molecular formula is C14H14BrFN2. The zero-order chi connectivity index (χ0) is 12.9. The van der Waals surface area contributed by atoms with Crippen LogP contribution in [0.2, 0.25) is 0 Å². The first-order valence-electron chi connectivity index (χ1n) is 5.97. The second-order valence-corrected chi connectivity index (χ2v) is 6.41. The summed E-state index contributed by atoms with van der Waals surface area (Å²) in [6.07, 6.45) is 1.02. The molecule has 3 rings (SSSR count). The molecule has 0 saturated heterocycles. The maximum atomic E-state index is 12.9. The van der Waals surface area contributed by atoms with Gasteiger partial charge in [-0.05, 0) is 52.0 Å². The van der Waals surface area contributed by atoms with E-state index in [9.17, 15) is 4.39 Å². The fraction of sp³-hybridized carbons (Fsp3) is 0.357. The van der Waals surface area contributed by atoms with Gasteiger partial charge < -0.3 is 0 Å². The SMILES string of the molecule is CC1(C)Cc2c(Br)c(-c3ccc(F)cc3)nn2C1. The average Bonchev–Trinajstić information content (AvgIpc) is 2.75. The van der Waals surface area contributed by atoms with Gasteiger partial charge in [-0.1, -0.05) is 13.8 Å². The molecule has 1 aromatic carbocycles. The van der Waals surface area contributed by atoms with E-state index in [4.69, 9.17) is 0 Å². The average molecular weight is 309 g/mol. The third-order valence-electron chi connectivity index (χ3n) is 3.34. The van der Waals surface area contributed by atoms with E-state index in [1.54, 1.807) is 12.1 Å². The van der Waals surface area contributed by atoms with Crippen LogP contribution in [0.5, 0.6) is 0 Å². The summed E-state index contributed by atoms with van der Waals surface area (Å²) in [6, 6.07) is 6.47. The van der Waals surface area contributed by atoms with Gasteiger partial charge in [0, 0.05) is 12.1 Å². The second kappa shape index (κ2) is 3.92. The Bertz CT molecular complexity index is 599. The van der Waals surface area contributed by atoms with Crippen molar-refractivity contribution in [1.29, 1.82) is 0 Å². The molecule has 1 aromatic heterocycles. The van der Waals surface area contributed by atoms with Gasteiger partial charge in [0.05, 0.1) is 10.2 Å². The van der Waals surface area contributed by atoms with Crippen LogP contribution in [0.1, 0.15) is 19.5 Å². The highest BCUT2D eigenvalue weighted by Gasteiger charge is 2.32. The summed E-state index contributed by atoms with van der Waals surface area (Å²) >= 11 is 3.63. The van der Waals surface area contributed by atoms with Crippen LogP contribution in [0.3, 0.4) is 0 Å². The Labute approximate surface area is 114 Å². The zero-order valence-electron chi connectivity index (χ0n) is 10.4. The number of fused-ring (bicyclic) bond motifs is 1. The first-order valence-corrected chi connectivity index (χ1v) is 6.77. The molecule has 2 nitrogen and oxygen atoms in total. The van der Waals surface area contributed by atoms with Gasteiger partial charge in [0.25, 0.3) is 0 Å². The van der Waals surface area contributed by atoms with Gasteiger partial charge in [0.15, 0.2) is 0 Å². The summed E-state index contributed by atoms with van der Waals surface area (Å²) in [7, 11) is 0. The summed E-state index contributed by atoms with van der Waals surface area (Å²) in [5.41, 5.74) is 3.36. The summed E-state index contributed by atoms with van der Waals surface area (Å²) in [5.74, 6) is -0.220. The molecule has 0 bridgehead atoms. The van der Waals surface area contributed by atoms with Crippen molar-refractivity contribution in [2.24, 2.45) is 5.41 Å². The maximum Gasteiger partial charge on any atom is 0.123 e. The number of hydrogen-bond acceptors (Lipinski definition) is 1. The van der Waals surface area contributed by atoms with Gasteiger partial charge in [-0.3, -0.25) is 4.68 Å². The largest absolute Gasteiger partial charge is 0.267 e. The van der Waals surface area contributed by atoms with Crippen molar-refractivity contribution in [3.8, 4) is 11.3 Å². The number of nitrogens with zero attached hydrogens (tertiary/aromatic N) is 2. The lowest BCUT2D eigenvalue weighted by molar-refractivity contribution is 0.347. The van der Waals surface area contributed by atoms with Crippen LogP contribution < -0.4 is 0 Å². The van der Waals surface area contributed by atoms with Crippen LogP contribution in [0, 0.1) is 11.2 Å². The lowest BCUT2D eigenvalue weighted by Crippen LogP contribution is -2.13. The molecule has 0 N–H and O–H groups in total. The summed E-state index contributed by atoms with van der Waals surface area (Å²) in [6.45, 7) is 5.42. The van der Waals surface area contributed by atoms with Gasteiger partial charge in [-0.25, -0.2) is 4.39 Å². The number of rotatable bonds is 1. The highest BCUT2D eigenvalue weighted by atomic mass is 79.9. The van der Waals surface area contributed by atoms with Gasteiger partial charge in [0.2, 0.25) is 0 Å². The topological polar surface area (TPSA) is 17.8 Å². The van der Waals surface area contributed by atoms with Crippen molar-refractivity contribution in [2.45, 2.75) is 26.8 Å². The highest BCUT2D eigenvalue weighted by molar-refractivity contribution is 9.10. The number of halogens is 2. The molecule has 0 radical (unpaired) electrons. The molecular weight excluding hydrogens is 295 g/mol. The van der Waals surface area contributed by atoms with Gasteiger partial charge in [-0.15, -0.1) is 0 Å². The number of aromatic nitrogens is 2. The predicted octanol–water partition coefficient (Wildman–Crippen LogP) is 4.03. The second-order valence-electron chi connectivity index (χ2n) is 5.61. The van der Waals surface area contributed by atoms with E-state index in [0.717, 1.165) is 28.7 Å². The molecule has 0 saturated carbocycles. The molecule has 2 heterocycles. The van der Waals surface area contributed by atoms with Crippen LogP contribution in [-0.4, -0.2) is 9.78 Å². The first kappa shape index (κ1) is 11.9. The van der Waals surface area contributed by atoms with Crippen LogP contribution in [0.25, 0.3) is 11.3 Å². The Kier molecular flexibility index (Phi) is 2.59. The molecule has 18 heavy (non-hydrogen) atoms. The summed E-state index contributed by atoms with van der Waals surface area (Å²) in [4.78, 5) is 0. The van der Waals surface area contributed by atoms with Crippen molar-refractivity contribution in [2.75, 3.05) is 0 Å². The summed E-state index contributed by atoms with van der Waals surface area (Å²) < 4.78 is 16.0. The van der Waals surface area contributed by atoms with Crippen LogP contribution in [0.4, 0.5) is 4.39 Å². The smallest absolute Gasteiger partial charge is 0.123 e. The molecule has 94 valence electrons. The predicted molar refractivity (Wildman–Crippen MR) is 72.8 cm³/mol. The lowest BCUT2D eigenvalue weighted by atomic mass is 9.91. The molecule has 0 unspecified atom stereocenters. The highest BCUT2D eigenvalue weighted by Crippen LogP contribution is 2.39. The number of hydrogen-bond donors (Lipinski definition) is 0. The van der Waals surface area contributed by atoms with Crippen LogP contribution >= 0.6 is 15.9 Å².